The van der Waals surface area contributed by atoms with E-state index in [0.29, 0.717) is 17.0 Å². The van der Waals surface area contributed by atoms with Gasteiger partial charge in [0.15, 0.2) is 11.6 Å². The van der Waals surface area contributed by atoms with Crippen LogP contribution in [0.15, 0.2) is 36.7 Å². The average Bonchev–Trinajstić information content (AvgIpc) is 2.81. The SMILES string of the molecule is CC(Cl)c1nc2cnccc2n1-c1ccc(F)c(F)c1. The first kappa shape index (κ1) is 13.0. The van der Waals surface area contributed by atoms with Crippen molar-refractivity contribution in [3.8, 4) is 5.69 Å². The highest BCUT2D eigenvalue weighted by Gasteiger charge is 2.17. The Morgan fingerprint density at radius 3 is 2.70 bits per heavy atom. The van der Waals surface area contributed by atoms with E-state index in [4.69, 9.17) is 11.6 Å². The van der Waals surface area contributed by atoms with Gasteiger partial charge in [0, 0.05) is 12.3 Å². The number of alkyl halides is 1. The van der Waals surface area contributed by atoms with Gasteiger partial charge in [-0.25, -0.2) is 13.8 Å². The Morgan fingerprint density at radius 1 is 1.20 bits per heavy atom. The van der Waals surface area contributed by atoms with Gasteiger partial charge in [-0.05, 0) is 25.1 Å². The Hall–Kier alpha value is -2.01. The summed E-state index contributed by atoms with van der Waals surface area (Å²) in [6.45, 7) is 1.77. The summed E-state index contributed by atoms with van der Waals surface area (Å²) in [7, 11) is 0. The smallest absolute Gasteiger partial charge is 0.160 e. The van der Waals surface area contributed by atoms with Crippen LogP contribution in [0.25, 0.3) is 16.7 Å². The molecule has 0 spiro atoms. The van der Waals surface area contributed by atoms with Gasteiger partial charge in [-0.2, -0.15) is 0 Å². The number of pyridine rings is 1. The fourth-order valence-electron chi connectivity index (χ4n) is 2.11. The molecule has 1 aromatic carbocycles. The second-order valence-corrected chi connectivity index (χ2v) is 5.04. The lowest BCUT2D eigenvalue weighted by Crippen LogP contribution is -2.03. The van der Waals surface area contributed by atoms with Crippen molar-refractivity contribution in [2.75, 3.05) is 0 Å². The second-order valence-electron chi connectivity index (χ2n) is 4.38. The number of hydrogen-bond donors (Lipinski definition) is 0. The summed E-state index contributed by atoms with van der Waals surface area (Å²) in [5.41, 5.74) is 1.87. The quantitative estimate of drug-likeness (QED) is 0.669. The normalized spacial score (nSPS) is 12.8. The van der Waals surface area contributed by atoms with E-state index in [1.54, 1.807) is 30.0 Å². The van der Waals surface area contributed by atoms with E-state index in [0.717, 1.165) is 17.6 Å². The number of aromatic nitrogens is 3. The van der Waals surface area contributed by atoms with Crippen LogP contribution in [0, 0.1) is 11.6 Å². The lowest BCUT2D eigenvalue weighted by molar-refractivity contribution is 0.508. The first-order valence-electron chi connectivity index (χ1n) is 6.00. The molecule has 3 nitrogen and oxygen atoms in total. The molecule has 2 heterocycles. The monoisotopic (exact) mass is 293 g/mol. The highest BCUT2D eigenvalue weighted by atomic mass is 35.5. The van der Waals surface area contributed by atoms with E-state index in [-0.39, 0.29) is 5.38 Å². The molecule has 0 radical (unpaired) electrons. The third-order valence-corrected chi connectivity index (χ3v) is 3.20. The van der Waals surface area contributed by atoms with E-state index in [1.807, 2.05) is 0 Å². The van der Waals surface area contributed by atoms with Crippen molar-refractivity contribution in [3.63, 3.8) is 0 Å². The highest BCUT2D eigenvalue weighted by molar-refractivity contribution is 6.20. The predicted molar refractivity (Wildman–Crippen MR) is 73.0 cm³/mol. The number of halogens is 3. The molecule has 3 rings (SSSR count). The van der Waals surface area contributed by atoms with Crippen LogP contribution in [0.1, 0.15) is 18.1 Å². The molecule has 0 amide bonds. The van der Waals surface area contributed by atoms with E-state index < -0.39 is 11.6 Å². The molecule has 0 bridgehead atoms. The van der Waals surface area contributed by atoms with Crippen molar-refractivity contribution >= 4 is 22.6 Å². The Balaban J connectivity index is 2.33. The van der Waals surface area contributed by atoms with Crippen LogP contribution in [0.3, 0.4) is 0 Å². The first-order valence-corrected chi connectivity index (χ1v) is 6.43. The number of hydrogen-bond acceptors (Lipinski definition) is 2. The van der Waals surface area contributed by atoms with Crippen molar-refractivity contribution in [1.82, 2.24) is 14.5 Å². The van der Waals surface area contributed by atoms with Crippen molar-refractivity contribution in [1.29, 1.82) is 0 Å². The summed E-state index contributed by atoms with van der Waals surface area (Å²) in [5.74, 6) is -1.24. The molecular weight excluding hydrogens is 284 g/mol. The van der Waals surface area contributed by atoms with Gasteiger partial charge in [0.05, 0.1) is 22.8 Å². The summed E-state index contributed by atoms with van der Waals surface area (Å²) in [6.07, 6.45) is 3.22. The van der Waals surface area contributed by atoms with Crippen LogP contribution in [0.4, 0.5) is 8.78 Å². The predicted octanol–water partition coefficient (Wildman–Crippen LogP) is 4.00. The zero-order chi connectivity index (χ0) is 14.3. The van der Waals surface area contributed by atoms with Crippen LogP contribution in [-0.4, -0.2) is 14.5 Å². The number of imidazole rings is 1. The molecule has 6 heteroatoms. The third-order valence-electron chi connectivity index (χ3n) is 3.00. The summed E-state index contributed by atoms with van der Waals surface area (Å²) in [6, 6.07) is 5.45. The van der Waals surface area contributed by atoms with E-state index in [1.165, 1.54) is 6.07 Å². The fourth-order valence-corrected chi connectivity index (χ4v) is 2.26. The minimum Gasteiger partial charge on any atom is -0.295 e. The van der Waals surface area contributed by atoms with Crippen molar-refractivity contribution in [2.24, 2.45) is 0 Å². The summed E-state index contributed by atoms with van der Waals surface area (Å²) in [4.78, 5) is 8.39. The average molecular weight is 294 g/mol. The Labute approximate surface area is 118 Å². The Bertz CT molecular complexity index is 783. The van der Waals surface area contributed by atoms with Crippen LogP contribution < -0.4 is 0 Å². The third kappa shape index (κ3) is 2.04. The van der Waals surface area contributed by atoms with Gasteiger partial charge >= 0.3 is 0 Å². The van der Waals surface area contributed by atoms with Crippen molar-refractivity contribution in [3.05, 3.63) is 54.1 Å². The lowest BCUT2D eigenvalue weighted by Gasteiger charge is -2.10. The molecule has 102 valence electrons. The summed E-state index contributed by atoms with van der Waals surface area (Å²) in [5, 5.41) is -0.379. The number of rotatable bonds is 2. The van der Waals surface area contributed by atoms with Gasteiger partial charge < -0.3 is 0 Å². The largest absolute Gasteiger partial charge is 0.295 e. The zero-order valence-electron chi connectivity index (χ0n) is 10.5. The molecule has 1 atom stereocenters. The molecule has 3 aromatic rings. The maximum absolute atomic E-state index is 13.4. The molecule has 0 saturated heterocycles. The second kappa shape index (κ2) is 4.83. The van der Waals surface area contributed by atoms with E-state index in [9.17, 15) is 8.78 Å². The molecule has 0 aliphatic rings. The molecule has 0 aliphatic heterocycles. The molecule has 0 N–H and O–H groups in total. The van der Waals surface area contributed by atoms with Gasteiger partial charge in [0.1, 0.15) is 11.3 Å². The van der Waals surface area contributed by atoms with Gasteiger partial charge in [-0.3, -0.25) is 9.55 Å². The Kier molecular flexibility index (Phi) is 3.14. The molecule has 20 heavy (non-hydrogen) atoms. The number of fused-ring (bicyclic) bond motifs is 1. The topological polar surface area (TPSA) is 30.7 Å². The molecule has 0 fully saturated rings. The summed E-state index contributed by atoms with van der Waals surface area (Å²) < 4.78 is 28.2. The number of benzene rings is 1. The molecule has 0 saturated carbocycles. The van der Waals surface area contributed by atoms with Crippen molar-refractivity contribution in [2.45, 2.75) is 12.3 Å². The first-order chi connectivity index (χ1) is 9.58. The maximum Gasteiger partial charge on any atom is 0.160 e. The maximum atomic E-state index is 13.4. The lowest BCUT2D eigenvalue weighted by atomic mass is 10.2. The minimum atomic E-state index is -0.911. The zero-order valence-corrected chi connectivity index (χ0v) is 11.3. The van der Waals surface area contributed by atoms with Crippen LogP contribution in [-0.2, 0) is 0 Å². The minimum absolute atomic E-state index is 0.379. The highest BCUT2D eigenvalue weighted by Crippen LogP contribution is 2.28. The standard InChI is InChI=1S/C14H10ClF2N3/c1-8(15)14-19-12-7-18-5-4-13(12)20(14)9-2-3-10(16)11(17)6-9/h2-8H,1H3. The van der Waals surface area contributed by atoms with E-state index in [2.05, 4.69) is 9.97 Å². The summed E-state index contributed by atoms with van der Waals surface area (Å²) >= 11 is 6.13. The van der Waals surface area contributed by atoms with Crippen LogP contribution in [0.2, 0.25) is 0 Å². The van der Waals surface area contributed by atoms with Crippen molar-refractivity contribution < 1.29 is 8.78 Å². The molecule has 0 aliphatic carbocycles. The van der Waals surface area contributed by atoms with Gasteiger partial charge in [0.2, 0.25) is 0 Å². The van der Waals surface area contributed by atoms with Gasteiger partial charge in [-0.15, -0.1) is 11.6 Å². The number of nitrogens with zero attached hydrogens (tertiary/aromatic N) is 3. The van der Waals surface area contributed by atoms with Gasteiger partial charge in [0.25, 0.3) is 0 Å². The van der Waals surface area contributed by atoms with E-state index >= 15 is 0 Å². The fraction of sp³-hybridized carbons (Fsp3) is 0.143. The Morgan fingerprint density at radius 2 is 2.00 bits per heavy atom. The van der Waals surface area contributed by atoms with Crippen LogP contribution >= 0.6 is 11.6 Å². The molecular formula is C14H10ClF2N3. The van der Waals surface area contributed by atoms with Gasteiger partial charge in [-0.1, -0.05) is 0 Å². The molecule has 1 unspecified atom stereocenters. The molecule has 2 aromatic heterocycles. The van der Waals surface area contributed by atoms with Crippen LogP contribution in [0.5, 0.6) is 0 Å².